The highest BCUT2D eigenvalue weighted by molar-refractivity contribution is 4.90. The molecule has 0 aromatic heterocycles. The zero-order valence-corrected chi connectivity index (χ0v) is 7.02. The Bertz CT molecular complexity index is 146. The summed E-state index contributed by atoms with van der Waals surface area (Å²) in [6, 6.07) is 0. The quantitative estimate of drug-likeness (QED) is 0.697. The highest BCUT2D eigenvalue weighted by Crippen LogP contribution is 2.37. The molecular weight excluding hydrogens is 173 g/mol. The number of rotatable bonds is 3. The molecule has 0 amide bonds. The van der Waals surface area contributed by atoms with Gasteiger partial charge in [-0.15, -0.1) is 0 Å². The third-order valence-electron chi connectivity index (χ3n) is 2.16. The first-order valence-corrected chi connectivity index (χ1v) is 3.69. The largest absolute Gasteiger partial charge is 0.419 e. The lowest BCUT2D eigenvalue weighted by atomic mass is 9.87. The molecule has 0 saturated carbocycles. The number of halogens is 3. The molecule has 0 saturated heterocycles. The molecule has 0 aromatic carbocycles. The van der Waals surface area contributed by atoms with Crippen LogP contribution in [0.15, 0.2) is 0 Å². The molecule has 2 atom stereocenters. The van der Waals surface area contributed by atoms with Gasteiger partial charge in [0.25, 0.3) is 0 Å². The van der Waals surface area contributed by atoms with Gasteiger partial charge < -0.3 is 10.2 Å². The first kappa shape index (κ1) is 11.7. The first-order valence-electron chi connectivity index (χ1n) is 3.69. The van der Waals surface area contributed by atoms with E-state index in [1.54, 1.807) is 0 Å². The summed E-state index contributed by atoms with van der Waals surface area (Å²) in [6.07, 6.45) is -4.60. The third kappa shape index (κ3) is 1.90. The van der Waals surface area contributed by atoms with E-state index in [0.717, 1.165) is 0 Å². The maximum absolute atomic E-state index is 12.1. The van der Waals surface area contributed by atoms with Crippen molar-refractivity contribution in [2.75, 3.05) is 6.61 Å². The number of hydrogen-bond donors (Lipinski definition) is 2. The monoisotopic (exact) mass is 186 g/mol. The maximum Gasteiger partial charge on any atom is 0.419 e. The molecule has 2 N–H and O–H groups in total. The van der Waals surface area contributed by atoms with Crippen LogP contribution in [-0.4, -0.2) is 28.6 Å². The second-order valence-electron chi connectivity index (χ2n) is 2.89. The minimum absolute atomic E-state index is 0.163. The Morgan fingerprint density at radius 3 is 1.83 bits per heavy atom. The van der Waals surface area contributed by atoms with Gasteiger partial charge in [-0.1, -0.05) is 20.3 Å². The zero-order valence-electron chi connectivity index (χ0n) is 7.02. The molecule has 0 fully saturated rings. The van der Waals surface area contributed by atoms with E-state index in [1.807, 2.05) is 0 Å². The molecule has 2 nitrogen and oxygen atoms in total. The van der Waals surface area contributed by atoms with E-state index >= 15 is 0 Å². The number of aliphatic hydroxyl groups excluding tert-OH is 1. The minimum atomic E-state index is -4.77. The van der Waals surface area contributed by atoms with Crippen LogP contribution >= 0.6 is 0 Å². The minimum Gasteiger partial charge on any atom is -0.393 e. The zero-order chi connectivity index (χ0) is 9.99. The second-order valence-corrected chi connectivity index (χ2v) is 2.89. The van der Waals surface area contributed by atoms with E-state index < -0.39 is 24.3 Å². The maximum atomic E-state index is 12.1. The van der Waals surface area contributed by atoms with Crippen LogP contribution in [0.5, 0.6) is 0 Å². The van der Waals surface area contributed by atoms with Crippen LogP contribution in [0, 0.1) is 5.92 Å². The van der Waals surface area contributed by atoms with Crippen molar-refractivity contribution < 1.29 is 23.4 Å². The van der Waals surface area contributed by atoms with Crippen LogP contribution in [-0.2, 0) is 0 Å². The van der Waals surface area contributed by atoms with E-state index in [2.05, 4.69) is 0 Å². The van der Waals surface area contributed by atoms with Gasteiger partial charge in [0.2, 0.25) is 0 Å². The molecular formula is C7H13F3O2. The molecule has 5 heteroatoms. The van der Waals surface area contributed by atoms with Gasteiger partial charge in [0, 0.05) is 0 Å². The average Bonchev–Trinajstić information content (AvgIpc) is 1.99. The van der Waals surface area contributed by atoms with Crippen molar-refractivity contribution in [1.82, 2.24) is 0 Å². The molecule has 74 valence electrons. The molecule has 2 unspecified atom stereocenters. The summed E-state index contributed by atoms with van der Waals surface area (Å²) in [7, 11) is 0. The average molecular weight is 186 g/mol. The molecule has 12 heavy (non-hydrogen) atoms. The van der Waals surface area contributed by atoms with Gasteiger partial charge in [0.05, 0.1) is 6.61 Å². The van der Waals surface area contributed by atoms with Crippen molar-refractivity contribution in [1.29, 1.82) is 0 Å². The Hall–Kier alpha value is -0.290. The number of aliphatic hydroxyl groups is 2. The number of alkyl halides is 3. The molecule has 0 rings (SSSR count). The van der Waals surface area contributed by atoms with Gasteiger partial charge in [0.15, 0.2) is 5.60 Å². The standard InChI is InChI=1S/C7H13F3O2/c1-3-5(2)6(12,4-11)7(8,9)10/h5,11-12H,3-4H2,1-2H3. The summed E-state index contributed by atoms with van der Waals surface area (Å²) < 4.78 is 36.4. The summed E-state index contributed by atoms with van der Waals surface area (Å²) in [5.41, 5.74) is -2.96. The van der Waals surface area contributed by atoms with Crippen molar-refractivity contribution in [3.63, 3.8) is 0 Å². The summed E-state index contributed by atoms with van der Waals surface area (Å²) in [6.45, 7) is 1.49. The SMILES string of the molecule is CCC(C)C(O)(CO)C(F)(F)F. The van der Waals surface area contributed by atoms with Crippen LogP contribution in [0.2, 0.25) is 0 Å². The Kier molecular flexibility index (Phi) is 3.53. The van der Waals surface area contributed by atoms with Crippen molar-refractivity contribution in [2.45, 2.75) is 32.0 Å². The van der Waals surface area contributed by atoms with Crippen LogP contribution in [0.3, 0.4) is 0 Å². The van der Waals surface area contributed by atoms with Crippen LogP contribution in [0.4, 0.5) is 13.2 Å². The Balaban J connectivity index is 4.67. The van der Waals surface area contributed by atoms with E-state index in [-0.39, 0.29) is 6.42 Å². The Morgan fingerprint density at radius 1 is 1.33 bits per heavy atom. The first-order chi connectivity index (χ1) is 5.29. The fourth-order valence-electron chi connectivity index (χ4n) is 0.863. The van der Waals surface area contributed by atoms with E-state index in [9.17, 15) is 13.2 Å². The second kappa shape index (κ2) is 3.62. The van der Waals surface area contributed by atoms with Crippen molar-refractivity contribution in [3.8, 4) is 0 Å². The molecule has 0 spiro atoms. The highest BCUT2D eigenvalue weighted by Gasteiger charge is 2.56. The summed E-state index contributed by atoms with van der Waals surface area (Å²) >= 11 is 0. The smallest absolute Gasteiger partial charge is 0.393 e. The molecule has 0 aromatic rings. The fraction of sp³-hybridized carbons (Fsp3) is 1.00. The van der Waals surface area contributed by atoms with E-state index in [1.165, 1.54) is 13.8 Å². The van der Waals surface area contributed by atoms with Gasteiger partial charge in [-0.05, 0) is 5.92 Å². The van der Waals surface area contributed by atoms with Crippen LogP contribution in [0.25, 0.3) is 0 Å². The third-order valence-corrected chi connectivity index (χ3v) is 2.16. The number of hydrogen-bond acceptors (Lipinski definition) is 2. The van der Waals surface area contributed by atoms with Crippen molar-refractivity contribution in [2.24, 2.45) is 5.92 Å². The summed E-state index contributed by atoms with van der Waals surface area (Å²) in [5, 5.41) is 17.5. The lowest BCUT2D eigenvalue weighted by Gasteiger charge is -2.33. The van der Waals surface area contributed by atoms with E-state index in [4.69, 9.17) is 10.2 Å². The van der Waals surface area contributed by atoms with Gasteiger partial charge in [-0.3, -0.25) is 0 Å². The molecule has 0 aliphatic carbocycles. The van der Waals surface area contributed by atoms with Gasteiger partial charge in [-0.25, -0.2) is 0 Å². The fourth-order valence-corrected chi connectivity index (χ4v) is 0.863. The topological polar surface area (TPSA) is 40.5 Å². The lowest BCUT2D eigenvalue weighted by Crippen LogP contribution is -2.53. The Labute approximate surface area is 69.0 Å². The predicted molar refractivity (Wildman–Crippen MR) is 37.5 cm³/mol. The van der Waals surface area contributed by atoms with Crippen LogP contribution in [0.1, 0.15) is 20.3 Å². The van der Waals surface area contributed by atoms with E-state index in [0.29, 0.717) is 0 Å². The predicted octanol–water partition coefficient (Wildman–Crippen LogP) is 1.32. The lowest BCUT2D eigenvalue weighted by molar-refractivity contribution is -0.288. The van der Waals surface area contributed by atoms with Gasteiger partial charge >= 0.3 is 6.18 Å². The Morgan fingerprint density at radius 2 is 1.75 bits per heavy atom. The normalized spacial score (nSPS) is 20.2. The van der Waals surface area contributed by atoms with Crippen LogP contribution < -0.4 is 0 Å². The van der Waals surface area contributed by atoms with Crippen molar-refractivity contribution in [3.05, 3.63) is 0 Å². The molecule has 0 heterocycles. The van der Waals surface area contributed by atoms with Crippen molar-refractivity contribution >= 4 is 0 Å². The molecule has 0 radical (unpaired) electrons. The summed E-state index contributed by atoms with van der Waals surface area (Å²) in [4.78, 5) is 0. The highest BCUT2D eigenvalue weighted by atomic mass is 19.4. The molecule has 0 bridgehead atoms. The molecule has 0 aliphatic rings. The van der Waals surface area contributed by atoms with Gasteiger partial charge in [0.1, 0.15) is 0 Å². The van der Waals surface area contributed by atoms with Gasteiger partial charge in [-0.2, -0.15) is 13.2 Å². The molecule has 0 aliphatic heterocycles. The summed E-state index contributed by atoms with van der Waals surface area (Å²) in [5.74, 6) is -0.998.